The summed E-state index contributed by atoms with van der Waals surface area (Å²) in [6.07, 6.45) is 0.971. The maximum absolute atomic E-state index is 6.02. The van der Waals surface area contributed by atoms with E-state index in [9.17, 15) is 0 Å². The van der Waals surface area contributed by atoms with E-state index in [1.54, 1.807) is 11.3 Å². The summed E-state index contributed by atoms with van der Waals surface area (Å²) in [5, 5.41) is 6.28. The van der Waals surface area contributed by atoms with Crippen molar-refractivity contribution in [2.75, 3.05) is 5.73 Å². The van der Waals surface area contributed by atoms with Crippen molar-refractivity contribution in [1.82, 2.24) is 5.16 Å². The van der Waals surface area contributed by atoms with Gasteiger partial charge >= 0.3 is 0 Å². The number of nitrogens with zero attached hydrogens (tertiary/aromatic N) is 1. The minimum Gasteiger partial charge on any atom is -0.367 e. The van der Waals surface area contributed by atoms with Gasteiger partial charge in [0.2, 0.25) is 5.88 Å². The van der Waals surface area contributed by atoms with Gasteiger partial charge in [-0.1, -0.05) is 36.3 Å². The Balaban J connectivity index is 2.23. The number of nitrogen functional groups attached to an aromatic ring is 1. The fraction of sp³-hybridized carbons (Fsp3) is 0.188. The maximum atomic E-state index is 6.02. The van der Waals surface area contributed by atoms with Crippen LogP contribution in [-0.4, -0.2) is 5.16 Å². The van der Waals surface area contributed by atoms with Crippen LogP contribution >= 0.6 is 11.3 Å². The summed E-state index contributed by atoms with van der Waals surface area (Å²) in [6, 6.07) is 10.3. The van der Waals surface area contributed by atoms with E-state index < -0.39 is 0 Å². The molecule has 0 unspecified atom stereocenters. The van der Waals surface area contributed by atoms with E-state index in [0.29, 0.717) is 5.88 Å². The molecule has 0 spiro atoms. The molecule has 2 aromatic heterocycles. The van der Waals surface area contributed by atoms with Gasteiger partial charge in [0.15, 0.2) is 0 Å². The summed E-state index contributed by atoms with van der Waals surface area (Å²) in [4.78, 5) is 1.14. The molecule has 0 fully saturated rings. The number of thiophene rings is 1. The third-order valence-corrected chi connectivity index (χ3v) is 4.44. The normalized spacial score (nSPS) is 10.9. The zero-order valence-electron chi connectivity index (χ0n) is 11.5. The average Bonchev–Trinajstić information content (AvgIpc) is 3.05. The van der Waals surface area contributed by atoms with Gasteiger partial charge in [-0.15, -0.1) is 11.3 Å². The van der Waals surface area contributed by atoms with E-state index in [2.05, 4.69) is 42.6 Å². The minimum absolute atomic E-state index is 0.379. The smallest absolute Gasteiger partial charge is 0.230 e. The third-order valence-electron chi connectivity index (χ3n) is 3.48. The van der Waals surface area contributed by atoms with Crippen LogP contribution in [0.3, 0.4) is 0 Å². The first kappa shape index (κ1) is 12.9. The van der Waals surface area contributed by atoms with Crippen LogP contribution in [0.5, 0.6) is 0 Å². The summed E-state index contributed by atoms with van der Waals surface area (Å²) in [5.41, 5.74) is 11.3. The molecule has 0 aliphatic carbocycles. The third kappa shape index (κ3) is 2.02. The largest absolute Gasteiger partial charge is 0.367 e. The molecular formula is C16H16N2OS. The number of hydrogen-bond acceptors (Lipinski definition) is 4. The molecule has 20 heavy (non-hydrogen) atoms. The molecule has 3 nitrogen and oxygen atoms in total. The molecule has 0 aliphatic heterocycles. The van der Waals surface area contributed by atoms with Gasteiger partial charge < -0.3 is 10.3 Å². The summed E-state index contributed by atoms with van der Waals surface area (Å²) in [5.74, 6) is 0.379. The quantitative estimate of drug-likeness (QED) is 0.769. The highest BCUT2D eigenvalue weighted by atomic mass is 32.1. The fourth-order valence-electron chi connectivity index (χ4n) is 2.39. The molecule has 0 saturated carbocycles. The number of benzene rings is 1. The molecule has 2 heterocycles. The molecule has 0 bridgehead atoms. The second-order valence-electron chi connectivity index (χ2n) is 4.71. The molecule has 1 aromatic carbocycles. The van der Waals surface area contributed by atoms with Crippen molar-refractivity contribution in [3.8, 4) is 21.7 Å². The van der Waals surface area contributed by atoms with Crippen LogP contribution in [0.1, 0.15) is 18.1 Å². The van der Waals surface area contributed by atoms with Crippen LogP contribution in [0, 0.1) is 6.92 Å². The van der Waals surface area contributed by atoms with Crippen molar-refractivity contribution in [2.45, 2.75) is 20.3 Å². The van der Waals surface area contributed by atoms with Crippen LogP contribution in [0.25, 0.3) is 21.7 Å². The van der Waals surface area contributed by atoms with Crippen LogP contribution in [0.15, 0.2) is 40.2 Å². The molecule has 4 heteroatoms. The maximum Gasteiger partial charge on any atom is 0.230 e. The van der Waals surface area contributed by atoms with Gasteiger partial charge in [0.1, 0.15) is 5.69 Å². The number of aryl methyl sites for hydroxylation is 2. The highest BCUT2D eigenvalue weighted by Crippen LogP contribution is 2.41. The van der Waals surface area contributed by atoms with E-state index >= 15 is 0 Å². The van der Waals surface area contributed by atoms with E-state index in [-0.39, 0.29) is 0 Å². The zero-order chi connectivity index (χ0) is 14.1. The number of hydrogen-bond donors (Lipinski definition) is 1. The molecule has 0 radical (unpaired) electrons. The molecular weight excluding hydrogens is 268 g/mol. The number of anilines is 1. The summed E-state index contributed by atoms with van der Waals surface area (Å²) in [6.45, 7) is 4.21. The number of rotatable bonds is 3. The lowest BCUT2D eigenvalue weighted by Crippen LogP contribution is -1.90. The number of aromatic nitrogens is 1. The second-order valence-corrected chi connectivity index (χ2v) is 5.63. The Labute approximate surface area is 122 Å². The summed E-state index contributed by atoms with van der Waals surface area (Å²) in [7, 11) is 0. The standard InChI is InChI=1S/C16H16N2OS/c1-3-11-8-9-20-15(11)14-13(16(17)19-18-14)12-7-5-4-6-10(12)2/h4-9H,3,17H2,1-2H3. The van der Waals surface area contributed by atoms with Crippen molar-refractivity contribution >= 4 is 17.2 Å². The first-order valence-corrected chi connectivity index (χ1v) is 7.48. The molecule has 0 saturated heterocycles. The fourth-order valence-corrected chi connectivity index (χ4v) is 3.38. The minimum atomic E-state index is 0.379. The van der Waals surface area contributed by atoms with Gasteiger partial charge in [0, 0.05) is 0 Å². The Kier molecular flexibility index (Phi) is 3.32. The topological polar surface area (TPSA) is 52.0 Å². The number of nitrogens with two attached hydrogens (primary N) is 1. The van der Waals surface area contributed by atoms with E-state index in [0.717, 1.165) is 28.1 Å². The highest BCUT2D eigenvalue weighted by Gasteiger charge is 2.21. The van der Waals surface area contributed by atoms with Gasteiger partial charge in [0.25, 0.3) is 0 Å². The Hall–Kier alpha value is -2.07. The van der Waals surface area contributed by atoms with Crippen molar-refractivity contribution in [1.29, 1.82) is 0 Å². The van der Waals surface area contributed by atoms with Gasteiger partial charge in [-0.05, 0) is 41.5 Å². The second kappa shape index (κ2) is 5.13. The van der Waals surface area contributed by atoms with Crippen molar-refractivity contribution in [3.05, 3.63) is 46.8 Å². The van der Waals surface area contributed by atoms with Crippen molar-refractivity contribution < 1.29 is 4.52 Å². The SMILES string of the molecule is CCc1ccsc1-c1noc(N)c1-c1ccccc1C. The molecule has 2 N–H and O–H groups in total. The monoisotopic (exact) mass is 284 g/mol. The van der Waals surface area contributed by atoms with Gasteiger partial charge in [-0.3, -0.25) is 0 Å². The van der Waals surface area contributed by atoms with Crippen LogP contribution in [0.2, 0.25) is 0 Å². The van der Waals surface area contributed by atoms with Gasteiger partial charge in [-0.25, -0.2) is 0 Å². The summed E-state index contributed by atoms with van der Waals surface area (Å²) < 4.78 is 5.26. The molecule has 0 atom stereocenters. The first-order chi connectivity index (χ1) is 9.72. The summed E-state index contributed by atoms with van der Waals surface area (Å²) >= 11 is 1.68. The highest BCUT2D eigenvalue weighted by molar-refractivity contribution is 7.13. The molecule has 0 aliphatic rings. The van der Waals surface area contributed by atoms with Gasteiger partial charge in [-0.2, -0.15) is 0 Å². The molecule has 3 aromatic rings. The van der Waals surface area contributed by atoms with Crippen molar-refractivity contribution in [3.63, 3.8) is 0 Å². The van der Waals surface area contributed by atoms with Crippen molar-refractivity contribution in [2.24, 2.45) is 0 Å². The predicted molar refractivity (Wildman–Crippen MR) is 83.8 cm³/mol. The molecule has 0 amide bonds. The Morgan fingerprint density at radius 2 is 2.05 bits per heavy atom. The van der Waals surface area contributed by atoms with E-state index in [4.69, 9.17) is 10.3 Å². The first-order valence-electron chi connectivity index (χ1n) is 6.60. The van der Waals surface area contributed by atoms with Crippen LogP contribution < -0.4 is 5.73 Å². The Bertz CT molecular complexity index is 743. The molecule has 3 rings (SSSR count). The van der Waals surface area contributed by atoms with E-state index in [1.165, 1.54) is 11.1 Å². The lowest BCUT2D eigenvalue weighted by atomic mass is 9.99. The molecule has 102 valence electrons. The predicted octanol–water partition coefficient (Wildman–Crippen LogP) is 4.52. The van der Waals surface area contributed by atoms with Crippen LogP contribution in [-0.2, 0) is 6.42 Å². The lowest BCUT2D eigenvalue weighted by Gasteiger charge is -2.06. The van der Waals surface area contributed by atoms with Crippen LogP contribution in [0.4, 0.5) is 5.88 Å². The Morgan fingerprint density at radius 1 is 1.25 bits per heavy atom. The lowest BCUT2D eigenvalue weighted by molar-refractivity contribution is 0.439. The Morgan fingerprint density at radius 3 is 2.80 bits per heavy atom. The van der Waals surface area contributed by atoms with E-state index in [1.807, 2.05) is 12.1 Å². The average molecular weight is 284 g/mol. The zero-order valence-corrected chi connectivity index (χ0v) is 12.3. The van der Waals surface area contributed by atoms with Gasteiger partial charge in [0.05, 0.1) is 10.4 Å².